The Morgan fingerprint density at radius 2 is 1.82 bits per heavy atom. The lowest BCUT2D eigenvalue weighted by Gasteiger charge is -2.62. The molecular weight excluding hydrogens is 574 g/mol. The highest BCUT2D eigenvalue weighted by Gasteiger charge is 2.68. The third kappa shape index (κ3) is 5.45. The van der Waals surface area contributed by atoms with Crippen molar-refractivity contribution in [1.82, 2.24) is 0 Å². The summed E-state index contributed by atoms with van der Waals surface area (Å²) in [4.78, 5) is 17.5. The van der Waals surface area contributed by atoms with E-state index in [2.05, 4.69) is 40.7 Å². The maximum atomic E-state index is 12.4. The van der Waals surface area contributed by atoms with E-state index in [1.165, 1.54) is 17.7 Å². The van der Waals surface area contributed by atoms with Crippen LogP contribution in [-0.2, 0) is 19.0 Å². The smallest absolute Gasteiger partial charge is 0.302 e. The minimum Gasteiger partial charge on any atom is -0.462 e. The quantitative estimate of drug-likeness (QED) is 0.253. The second kappa shape index (κ2) is 12.3. The van der Waals surface area contributed by atoms with E-state index >= 15 is 0 Å². The zero-order valence-electron chi connectivity index (χ0n) is 28.2. The van der Waals surface area contributed by atoms with Crippen molar-refractivity contribution in [3.8, 4) is 0 Å². The van der Waals surface area contributed by atoms with Crippen molar-refractivity contribution in [2.24, 2.45) is 50.8 Å². The van der Waals surface area contributed by atoms with Gasteiger partial charge in [0, 0.05) is 31.0 Å². The third-order valence-corrected chi connectivity index (χ3v) is 14.0. The number of hydrogen-bond acceptors (Lipinski definition) is 9. The van der Waals surface area contributed by atoms with Gasteiger partial charge in [0.15, 0.2) is 6.29 Å². The van der Waals surface area contributed by atoms with Gasteiger partial charge in [-0.15, -0.1) is 0 Å². The fraction of sp³-hybridized carbons (Fsp3) is 0.889. The molecule has 6 aliphatic rings. The SMILES string of the molecule is CC(=O)OC1CC2(C)C3CC=C4CC(OC5OC(CO)C(O)C(O)C5O)CCC4(C)C3CCC2(C)C1C(C)C1=NCC(C)CC1. The zero-order valence-corrected chi connectivity index (χ0v) is 28.2. The molecule has 0 radical (unpaired) electrons. The molecule has 45 heavy (non-hydrogen) atoms. The average molecular weight is 632 g/mol. The molecule has 254 valence electrons. The van der Waals surface area contributed by atoms with E-state index in [-0.39, 0.29) is 46.3 Å². The standard InChI is InChI=1S/C36H57NO8/c1-19-7-10-26(37-17-19)20(2)29-27(43-21(3)39)16-36(6)25-9-8-22-15-23(11-13-34(22,4)24(25)12-14-35(29,36)5)44-33-32(42)31(41)30(40)28(18-38)45-33/h8,19-20,23-25,27-33,38,40-42H,7,9-18H2,1-6H3. The van der Waals surface area contributed by atoms with E-state index in [4.69, 9.17) is 19.2 Å². The summed E-state index contributed by atoms with van der Waals surface area (Å²) in [5.41, 5.74) is 2.81. The Morgan fingerprint density at radius 3 is 2.49 bits per heavy atom. The first-order valence-electron chi connectivity index (χ1n) is 17.6. The normalized spacial score (nSPS) is 50.4. The summed E-state index contributed by atoms with van der Waals surface area (Å²) >= 11 is 0. The van der Waals surface area contributed by atoms with E-state index < -0.39 is 37.3 Å². The largest absolute Gasteiger partial charge is 0.462 e. The molecule has 0 spiro atoms. The lowest BCUT2D eigenvalue weighted by molar-refractivity contribution is -0.313. The van der Waals surface area contributed by atoms with Gasteiger partial charge >= 0.3 is 5.97 Å². The van der Waals surface area contributed by atoms with Gasteiger partial charge in [0.2, 0.25) is 0 Å². The highest BCUT2D eigenvalue weighted by molar-refractivity contribution is 5.87. The number of nitrogens with zero attached hydrogens (tertiary/aromatic N) is 1. The van der Waals surface area contributed by atoms with Crippen LogP contribution in [0.1, 0.15) is 99.3 Å². The number of allylic oxidation sites excluding steroid dienone is 1. The predicted molar refractivity (Wildman–Crippen MR) is 169 cm³/mol. The van der Waals surface area contributed by atoms with Gasteiger partial charge in [-0.2, -0.15) is 0 Å². The lowest BCUT2D eigenvalue weighted by Crippen LogP contribution is -2.60. The van der Waals surface area contributed by atoms with Crippen molar-refractivity contribution < 1.29 is 39.4 Å². The average Bonchev–Trinajstić information content (AvgIpc) is 3.23. The molecule has 0 amide bonds. The lowest BCUT2D eigenvalue weighted by atomic mass is 9.42. The highest BCUT2D eigenvalue weighted by atomic mass is 16.7. The summed E-state index contributed by atoms with van der Waals surface area (Å²) < 4.78 is 18.1. The summed E-state index contributed by atoms with van der Waals surface area (Å²) in [6.45, 7) is 14.0. The minimum absolute atomic E-state index is 0.0200. The topological polar surface area (TPSA) is 138 Å². The number of esters is 1. The third-order valence-electron chi connectivity index (χ3n) is 14.0. The Balaban J connectivity index is 1.23. The molecule has 4 N–H and O–H groups in total. The van der Waals surface area contributed by atoms with Crippen molar-refractivity contribution in [2.45, 2.75) is 142 Å². The van der Waals surface area contributed by atoms with Crippen LogP contribution in [0.3, 0.4) is 0 Å². The Morgan fingerprint density at radius 1 is 1.07 bits per heavy atom. The molecule has 2 heterocycles. The summed E-state index contributed by atoms with van der Waals surface area (Å²) in [6.07, 6.45) is 4.70. The molecule has 4 fully saturated rings. The van der Waals surface area contributed by atoms with Gasteiger partial charge < -0.3 is 34.6 Å². The van der Waals surface area contributed by atoms with Gasteiger partial charge in [-0.1, -0.05) is 46.3 Å². The molecule has 6 rings (SSSR count). The maximum absolute atomic E-state index is 12.4. The molecule has 15 atom stereocenters. The van der Waals surface area contributed by atoms with Gasteiger partial charge in [-0.3, -0.25) is 9.79 Å². The molecule has 9 nitrogen and oxygen atoms in total. The second-order valence-electron chi connectivity index (χ2n) is 16.3. The number of aliphatic hydroxyl groups excluding tert-OH is 4. The minimum atomic E-state index is -1.44. The van der Waals surface area contributed by atoms with Gasteiger partial charge in [-0.25, -0.2) is 0 Å². The number of carbonyl (C=O) groups is 1. The van der Waals surface area contributed by atoms with Crippen molar-refractivity contribution in [1.29, 1.82) is 0 Å². The van der Waals surface area contributed by atoms with E-state index in [0.29, 0.717) is 17.8 Å². The van der Waals surface area contributed by atoms with Crippen LogP contribution in [0.25, 0.3) is 0 Å². The zero-order chi connectivity index (χ0) is 32.5. The van der Waals surface area contributed by atoms with Crippen molar-refractivity contribution >= 4 is 11.7 Å². The fourth-order valence-corrected chi connectivity index (χ4v) is 11.2. The molecule has 3 saturated carbocycles. The molecule has 0 aromatic heterocycles. The van der Waals surface area contributed by atoms with Crippen molar-refractivity contribution in [2.75, 3.05) is 13.2 Å². The summed E-state index contributed by atoms with van der Waals surface area (Å²) in [6, 6.07) is 0. The number of ether oxygens (including phenoxy) is 3. The number of carbonyl (C=O) groups excluding carboxylic acids is 1. The van der Waals surface area contributed by atoms with E-state index in [1.54, 1.807) is 6.92 Å². The number of aliphatic imine (C=N–C) groups is 1. The molecule has 2 aliphatic heterocycles. The molecule has 0 aromatic rings. The second-order valence-corrected chi connectivity index (χ2v) is 16.3. The molecule has 9 heteroatoms. The molecule has 0 bridgehead atoms. The van der Waals surface area contributed by atoms with E-state index in [9.17, 15) is 25.2 Å². The van der Waals surface area contributed by atoms with Crippen LogP contribution >= 0.6 is 0 Å². The monoisotopic (exact) mass is 631 g/mol. The van der Waals surface area contributed by atoms with Gasteiger partial charge in [0.25, 0.3) is 0 Å². The fourth-order valence-electron chi connectivity index (χ4n) is 11.2. The van der Waals surface area contributed by atoms with Crippen LogP contribution in [0.4, 0.5) is 0 Å². The first-order chi connectivity index (χ1) is 21.2. The van der Waals surface area contributed by atoms with Crippen LogP contribution in [0.5, 0.6) is 0 Å². The predicted octanol–water partition coefficient (Wildman–Crippen LogP) is 4.19. The molecule has 4 aliphatic carbocycles. The number of hydrogen-bond donors (Lipinski definition) is 4. The van der Waals surface area contributed by atoms with Crippen LogP contribution in [0.15, 0.2) is 16.6 Å². The van der Waals surface area contributed by atoms with Crippen LogP contribution in [0.2, 0.25) is 0 Å². The van der Waals surface area contributed by atoms with Gasteiger partial charge in [0.05, 0.1) is 12.7 Å². The van der Waals surface area contributed by atoms with Crippen molar-refractivity contribution in [3.63, 3.8) is 0 Å². The number of rotatable bonds is 6. The number of aliphatic hydroxyl groups is 4. The van der Waals surface area contributed by atoms with Crippen LogP contribution in [-0.4, -0.2) is 88.2 Å². The first-order valence-corrected chi connectivity index (χ1v) is 17.6. The maximum Gasteiger partial charge on any atom is 0.302 e. The Kier molecular flexibility index (Phi) is 9.14. The van der Waals surface area contributed by atoms with Gasteiger partial charge in [-0.05, 0) is 91.8 Å². The Labute approximate surface area is 268 Å². The molecular formula is C36H57NO8. The highest BCUT2D eigenvalue weighted by Crippen LogP contribution is 2.73. The molecule has 15 unspecified atom stereocenters. The van der Waals surface area contributed by atoms with Gasteiger partial charge in [0.1, 0.15) is 30.5 Å². The Hall–Kier alpha value is -1.36. The number of fused-ring (bicyclic) bond motifs is 5. The summed E-state index contributed by atoms with van der Waals surface area (Å²) in [7, 11) is 0. The summed E-state index contributed by atoms with van der Waals surface area (Å²) in [5, 5.41) is 40.6. The molecule has 0 aromatic carbocycles. The van der Waals surface area contributed by atoms with E-state index in [0.717, 1.165) is 57.9 Å². The van der Waals surface area contributed by atoms with E-state index in [1.807, 2.05) is 0 Å². The first kappa shape index (κ1) is 33.5. The van der Waals surface area contributed by atoms with Crippen LogP contribution < -0.4 is 0 Å². The van der Waals surface area contributed by atoms with Crippen LogP contribution in [0, 0.1) is 45.8 Å². The molecule has 1 saturated heterocycles. The van der Waals surface area contributed by atoms with Crippen molar-refractivity contribution in [3.05, 3.63) is 11.6 Å². The summed E-state index contributed by atoms with van der Waals surface area (Å²) in [5.74, 6) is 1.98. The Bertz CT molecular complexity index is 1190.